The van der Waals surface area contributed by atoms with Crippen LogP contribution < -0.4 is 15.4 Å². The van der Waals surface area contributed by atoms with Gasteiger partial charge >= 0.3 is 5.76 Å². The quantitative estimate of drug-likeness (QED) is 0.476. The standard InChI is InChI=1S/C22H17ClF2N2O5S/c23-19-4-2-1-3-18(19)21(29)27-15-5-9-16(10-6-15)32-13-20(28)26-14-7-11-17(12-8-14)33(30,31)22(24)25/h1-12,22H,13H2,(H,26,28)(H,27,29). The number of hydrogen-bond acceptors (Lipinski definition) is 5. The Morgan fingerprint density at radius 1 is 0.879 bits per heavy atom. The summed E-state index contributed by atoms with van der Waals surface area (Å²) < 4.78 is 53.3. The molecule has 0 atom stereocenters. The third-order valence-electron chi connectivity index (χ3n) is 4.30. The Labute approximate surface area is 193 Å². The summed E-state index contributed by atoms with van der Waals surface area (Å²) in [7, 11) is -4.70. The van der Waals surface area contributed by atoms with Crippen LogP contribution in [0.1, 0.15) is 10.4 Å². The van der Waals surface area contributed by atoms with Crippen molar-refractivity contribution in [2.45, 2.75) is 10.7 Å². The molecule has 33 heavy (non-hydrogen) atoms. The van der Waals surface area contributed by atoms with Gasteiger partial charge in [0, 0.05) is 11.4 Å². The molecule has 0 radical (unpaired) electrons. The molecule has 2 amide bonds. The predicted molar refractivity (Wildman–Crippen MR) is 120 cm³/mol. The first-order chi connectivity index (χ1) is 15.7. The van der Waals surface area contributed by atoms with E-state index in [0.717, 1.165) is 12.1 Å². The highest BCUT2D eigenvalue weighted by Gasteiger charge is 2.26. The SMILES string of the molecule is O=C(COc1ccc(NC(=O)c2ccccc2Cl)cc1)Nc1ccc(S(=O)(=O)C(F)F)cc1. The van der Waals surface area contributed by atoms with Crippen molar-refractivity contribution in [2.75, 3.05) is 17.2 Å². The van der Waals surface area contributed by atoms with Crippen LogP contribution in [-0.4, -0.2) is 32.6 Å². The summed E-state index contributed by atoms with van der Waals surface area (Å²) in [5.74, 6) is -4.09. The van der Waals surface area contributed by atoms with E-state index in [0.29, 0.717) is 22.0 Å². The van der Waals surface area contributed by atoms with Crippen LogP contribution in [0.3, 0.4) is 0 Å². The molecule has 0 spiro atoms. The van der Waals surface area contributed by atoms with Crippen LogP contribution in [0, 0.1) is 0 Å². The number of ether oxygens (including phenoxy) is 1. The molecular formula is C22H17ClF2N2O5S. The molecule has 0 fully saturated rings. The van der Waals surface area contributed by atoms with Gasteiger partial charge in [-0.05, 0) is 60.7 Å². The van der Waals surface area contributed by atoms with E-state index in [9.17, 15) is 26.8 Å². The van der Waals surface area contributed by atoms with Gasteiger partial charge in [-0.15, -0.1) is 0 Å². The summed E-state index contributed by atoms with van der Waals surface area (Å²) in [4.78, 5) is 23.8. The Morgan fingerprint density at radius 2 is 1.45 bits per heavy atom. The summed E-state index contributed by atoms with van der Waals surface area (Å²) in [5.41, 5.74) is 1.04. The topological polar surface area (TPSA) is 102 Å². The monoisotopic (exact) mass is 494 g/mol. The summed E-state index contributed by atoms with van der Waals surface area (Å²) in [6, 6.07) is 17.3. The molecule has 3 rings (SSSR count). The van der Waals surface area contributed by atoms with Crippen LogP contribution in [0.5, 0.6) is 5.75 Å². The maximum absolute atomic E-state index is 12.6. The molecule has 7 nitrogen and oxygen atoms in total. The smallest absolute Gasteiger partial charge is 0.341 e. The highest BCUT2D eigenvalue weighted by atomic mass is 35.5. The van der Waals surface area contributed by atoms with Crippen LogP contribution >= 0.6 is 11.6 Å². The first kappa shape index (κ1) is 24.1. The van der Waals surface area contributed by atoms with Gasteiger partial charge in [0.1, 0.15) is 5.75 Å². The van der Waals surface area contributed by atoms with Gasteiger partial charge in [0.05, 0.1) is 15.5 Å². The van der Waals surface area contributed by atoms with E-state index < -0.39 is 26.4 Å². The third kappa shape index (κ3) is 6.27. The van der Waals surface area contributed by atoms with Crippen molar-refractivity contribution in [1.82, 2.24) is 0 Å². The number of carbonyl (C=O) groups is 2. The van der Waals surface area contributed by atoms with Crippen LogP contribution in [0.15, 0.2) is 77.7 Å². The van der Waals surface area contributed by atoms with E-state index in [1.54, 1.807) is 48.5 Å². The zero-order valence-electron chi connectivity index (χ0n) is 16.8. The number of nitrogens with one attached hydrogen (secondary N) is 2. The minimum atomic E-state index is -4.70. The second-order valence-corrected chi connectivity index (χ2v) is 8.95. The van der Waals surface area contributed by atoms with Gasteiger partial charge in [0.2, 0.25) is 9.84 Å². The summed E-state index contributed by atoms with van der Waals surface area (Å²) >= 11 is 6.00. The fourth-order valence-corrected chi connectivity index (χ4v) is 3.60. The van der Waals surface area contributed by atoms with Gasteiger partial charge < -0.3 is 15.4 Å². The highest BCUT2D eigenvalue weighted by molar-refractivity contribution is 7.91. The van der Waals surface area contributed by atoms with Crippen LogP contribution in [0.2, 0.25) is 5.02 Å². The number of rotatable bonds is 8. The molecule has 11 heteroatoms. The van der Waals surface area contributed by atoms with Crippen molar-refractivity contribution in [3.05, 3.63) is 83.4 Å². The molecule has 0 saturated carbocycles. The fourth-order valence-electron chi connectivity index (χ4n) is 2.66. The van der Waals surface area contributed by atoms with Crippen molar-refractivity contribution in [1.29, 1.82) is 0 Å². The van der Waals surface area contributed by atoms with Crippen LogP contribution in [0.25, 0.3) is 0 Å². The minimum Gasteiger partial charge on any atom is -0.484 e. The van der Waals surface area contributed by atoms with Gasteiger partial charge in [-0.3, -0.25) is 9.59 Å². The van der Waals surface area contributed by atoms with Crippen molar-refractivity contribution >= 4 is 44.6 Å². The zero-order chi connectivity index (χ0) is 24.0. The molecule has 0 bridgehead atoms. The lowest BCUT2D eigenvalue weighted by atomic mass is 10.2. The Morgan fingerprint density at radius 3 is 2.06 bits per heavy atom. The lowest BCUT2D eigenvalue weighted by molar-refractivity contribution is -0.118. The number of carbonyl (C=O) groups excluding carboxylic acids is 2. The average Bonchev–Trinajstić information content (AvgIpc) is 2.79. The molecule has 172 valence electrons. The number of halogens is 3. The second-order valence-electron chi connectivity index (χ2n) is 6.63. The maximum Gasteiger partial charge on any atom is 0.341 e. The van der Waals surface area contributed by atoms with E-state index in [-0.39, 0.29) is 18.2 Å². The summed E-state index contributed by atoms with van der Waals surface area (Å²) in [6.45, 7) is -0.359. The maximum atomic E-state index is 12.6. The number of amides is 2. The van der Waals surface area contributed by atoms with Crippen molar-refractivity contribution < 1.29 is 31.5 Å². The average molecular weight is 495 g/mol. The van der Waals surface area contributed by atoms with Crippen LogP contribution in [0.4, 0.5) is 20.2 Å². The third-order valence-corrected chi connectivity index (χ3v) is 6.03. The summed E-state index contributed by atoms with van der Waals surface area (Å²) in [6.07, 6.45) is 0. The van der Waals surface area contributed by atoms with Crippen molar-refractivity contribution in [3.63, 3.8) is 0 Å². The van der Waals surface area contributed by atoms with Gasteiger partial charge in [-0.25, -0.2) is 8.42 Å². The van der Waals surface area contributed by atoms with Gasteiger partial charge in [0.15, 0.2) is 6.61 Å². The Hall–Kier alpha value is -3.50. The lowest BCUT2D eigenvalue weighted by Crippen LogP contribution is -2.20. The molecule has 0 aliphatic heterocycles. The number of anilines is 2. The molecule has 0 heterocycles. The molecular weight excluding hydrogens is 478 g/mol. The van der Waals surface area contributed by atoms with Gasteiger partial charge in [-0.1, -0.05) is 23.7 Å². The van der Waals surface area contributed by atoms with E-state index in [4.69, 9.17) is 16.3 Å². The fraction of sp³-hybridized carbons (Fsp3) is 0.0909. The van der Waals surface area contributed by atoms with Crippen molar-refractivity contribution in [2.24, 2.45) is 0 Å². The lowest BCUT2D eigenvalue weighted by Gasteiger charge is -2.10. The molecule has 0 aliphatic rings. The molecule has 0 aromatic heterocycles. The van der Waals surface area contributed by atoms with Crippen LogP contribution in [-0.2, 0) is 14.6 Å². The van der Waals surface area contributed by atoms with Gasteiger partial charge in [-0.2, -0.15) is 8.78 Å². The Balaban J connectivity index is 1.51. The largest absolute Gasteiger partial charge is 0.484 e. The Kier molecular flexibility index (Phi) is 7.62. The molecule has 0 unspecified atom stereocenters. The molecule has 3 aromatic carbocycles. The number of alkyl halides is 2. The van der Waals surface area contributed by atoms with E-state index in [1.807, 2.05) is 0 Å². The first-order valence-electron chi connectivity index (χ1n) is 9.37. The highest BCUT2D eigenvalue weighted by Crippen LogP contribution is 2.21. The molecule has 0 saturated heterocycles. The van der Waals surface area contributed by atoms with E-state index >= 15 is 0 Å². The number of hydrogen-bond donors (Lipinski definition) is 2. The first-order valence-corrected chi connectivity index (χ1v) is 11.3. The second kappa shape index (κ2) is 10.4. The number of benzene rings is 3. The number of sulfone groups is 1. The minimum absolute atomic E-state index is 0.217. The zero-order valence-corrected chi connectivity index (χ0v) is 18.4. The van der Waals surface area contributed by atoms with E-state index in [2.05, 4.69) is 10.6 Å². The van der Waals surface area contributed by atoms with Gasteiger partial charge in [0.25, 0.3) is 11.8 Å². The predicted octanol–water partition coefficient (Wildman–Crippen LogP) is 4.61. The normalized spacial score (nSPS) is 11.2. The van der Waals surface area contributed by atoms with E-state index in [1.165, 1.54) is 12.1 Å². The van der Waals surface area contributed by atoms with Crippen molar-refractivity contribution in [3.8, 4) is 5.75 Å². The molecule has 0 aliphatic carbocycles. The molecule has 3 aromatic rings. The molecule has 2 N–H and O–H groups in total. The Bertz CT molecular complexity index is 1250. The summed E-state index contributed by atoms with van der Waals surface area (Å²) in [5, 5.41) is 5.49.